The Hall–Kier alpha value is -1.52. The second-order valence-electron chi connectivity index (χ2n) is 6.01. The highest BCUT2D eigenvalue weighted by molar-refractivity contribution is 5.69. The van der Waals surface area contributed by atoms with Gasteiger partial charge in [-0.2, -0.15) is 5.10 Å². The largest absolute Gasteiger partial charge is 0.444 e. The highest BCUT2D eigenvalue weighted by atomic mass is 16.6. The summed E-state index contributed by atoms with van der Waals surface area (Å²) in [4.78, 5) is 13.6. The number of ether oxygens (including phenoxy) is 1. The van der Waals surface area contributed by atoms with Gasteiger partial charge in [-0.25, -0.2) is 4.79 Å². The molecule has 0 aliphatic carbocycles. The molecule has 2 rings (SSSR count). The lowest BCUT2D eigenvalue weighted by molar-refractivity contribution is 0.0239. The fraction of sp³-hybridized carbons (Fsp3) is 0.692. The fourth-order valence-electron chi connectivity index (χ4n) is 1.89. The topological polar surface area (TPSA) is 47.4 Å². The summed E-state index contributed by atoms with van der Waals surface area (Å²) in [6.07, 6.45) is 1.75. The van der Waals surface area contributed by atoms with E-state index in [1.165, 1.54) is 0 Å². The summed E-state index contributed by atoms with van der Waals surface area (Å²) in [6, 6.07) is 0.352. The van der Waals surface area contributed by atoms with E-state index in [9.17, 15) is 4.79 Å². The van der Waals surface area contributed by atoms with Gasteiger partial charge in [-0.3, -0.25) is 9.58 Å². The van der Waals surface area contributed by atoms with E-state index >= 15 is 0 Å². The van der Waals surface area contributed by atoms with Crippen molar-refractivity contribution in [3.63, 3.8) is 0 Å². The molecule has 100 valence electrons. The van der Waals surface area contributed by atoms with E-state index in [4.69, 9.17) is 4.74 Å². The molecule has 1 amide bonds. The van der Waals surface area contributed by atoms with Crippen LogP contribution in [0.2, 0.25) is 0 Å². The molecule has 0 bridgehead atoms. The Labute approximate surface area is 108 Å². The van der Waals surface area contributed by atoms with Crippen LogP contribution in [0.1, 0.15) is 51.9 Å². The number of amides is 1. The van der Waals surface area contributed by atoms with E-state index in [-0.39, 0.29) is 6.09 Å². The zero-order valence-corrected chi connectivity index (χ0v) is 11.7. The minimum Gasteiger partial charge on any atom is -0.444 e. The van der Waals surface area contributed by atoms with Crippen molar-refractivity contribution >= 4 is 6.09 Å². The Morgan fingerprint density at radius 1 is 1.39 bits per heavy atom. The summed E-state index contributed by atoms with van der Waals surface area (Å²) in [5, 5.41) is 4.49. The molecule has 0 unspecified atom stereocenters. The van der Waals surface area contributed by atoms with E-state index in [1.807, 2.05) is 31.6 Å². The molecule has 0 aromatic carbocycles. The normalized spacial score (nSPS) is 15.1. The molecule has 18 heavy (non-hydrogen) atoms. The molecule has 0 radical (unpaired) electrons. The highest BCUT2D eigenvalue weighted by Crippen LogP contribution is 2.24. The van der Waals surface area contributed by atoms with Gasteiger partial charge in [-0.05, 0) is 34.6 Å². The average Bonchev–Trinajstić information content (AvgIpc) is 2.69. The molecule has 2 heterocycles. The predicted molar refractivity (Wildman–Crippen MR) is 68.1 cm³/mol. The minimum absolute atomic E-state index is 0.267. The van der Waals surface area contributed by atoms with Crippen molar-refractivity contribution in [2.45, 2.75) is 59.4 Å². The van der Waals surface area contributed by atoms with Crippen molar-refractivity contribution < 1.29 is 9.53 Å². The first-order valence-electron chi connectivity index (χ1n) is 6.31. The number of carbonyl (C=O) groups is 1. The number of rotatable bonds is 1. The Balaban J connectivity index is 2.02. The van der Waals surface area contributed by atoms with Gasteiger partial charge in [-0.1, -0.05) is 0 Å². The van der Waals surface area contributed by atoms with Gasteiger partial charge in [0, 0.05) is 17.8 Å². The lowest BCUT2D eigenvalue weighted by Gasteiger charge is -2.24. The van der Waals surface area contributed by atoms with Gasteiger partial charge < -0.3 is 4.74 Å². The number of hydrogen-bond acceptors (Lipinski definition) is 3. The van der Waals surface area contributed by atoms with Crippen molar-refractivity contribution in [2.75, 3.05) is 0 Å². The van der Waals surface area contributed by atoms with Crippen LogP contribution < -0.4 is 0 Å². The molecule has 0 saturated heterocycles. The van der Waals surface area contributed by atoms with Crippen LogP contribution in [0.4, 0.5) is 4.79 Å². The van der Waals surface area contributed by atoms with Crippen LogP contribution in [0, 0.1) is 0 Å². The first-order valence-corrected chi connectivity index (χ1v) is 6.31. The van der Waals surface area contributed by atoms with Crippen LogP contribution in [-0.4, -0.2) is 26.4 Å². The second-order valence-corrected chi connectivity index (χ2v) is 6.01. The molecular formula is C13H21N3O2. The standard InChI is InChI=1S/C13H21N3O2/c1-9(2)16-7-10-6-15(8-11(10)14-16)12(17)18-13(3,4)5/h7,9H,6,8H2,1-5H3. The lowest BCUT2D eigenvalue weighted by Crippen LogP contribution is -2.33. The van der Waals surface area contributed by atoms with E-state index in [0.717, 1.165) is 11.3 Å². The van der Waals surface area contributed by atoms with Crippen LogP contribution in [0.15, 0.2) is 6.20 Å². The summed E-state index contributed by atoms with van der Waals surface area (Å²) in [5.74, 6) is 0. The maximum atomic E-state index is 11.9. The second kappa shape index (κ2) is 4.30. The average molecular weight is 251 g/mol. The third-order valence-corrected chi connectivity index (χ3v) is 2.78. The fourth-order valence-corrected chi connectivity index (χ4v) is 1.89. The van der Waals surface area contributed by atoms with Crippen LogP contribution in [-0.2, 0) is 17.8 Å². The predicted octanol–water partition coefficient (Wildman–Crippen LogP) is 2.71. The Morgan fingerprint density at radius 2 is 2.06 bits per heavy atom. The monoisotopic (exact) mass is 251 g/mol. The maximum Gasteiger partial charge on any atom is 0.410 e. The Bertz CT molecular complexity index is 434. The zero-order valence-electron chi connectivity index (χ0n) is 11.7. The third kappa shape index (κ3) is 2.66. The minimum atomic E-state index is -0.449. The van der Waals surface area contributed by atoms with Crippen molar-refractivity contribution in [1.82, 2.24) is 14.7 Å². The van der Waals surface area contributed by atoms with Crippen molar-refractivity contribution in [1.29, 1.82) is 0 Å². The molecule has 0 fully saturated rings. The maximum absolute atomic E-state index is 11.9. The van der Waals surface area contributed by atoms with Crippen LogP contribution in [0.5, 0.6) is 0 Å². The van der Waals surface area contributed by atoms with E-state index in [1.54, 1.807) is 4.90 Å². The van der Waals surface area contributed by atoms with Crippen molar-refractivity contribution in [3.8, 4) is 0 Å². The summed E-state index contributed by atoms with van der Waals surface area (Å²) >= 11 is 0. The first kappa shape index (κ1) is 12.9. The van der Waals surface area contributed by atoms with Gasteiger partial charge in [0.15, 0.2) is 0 Å². The Kier molecular flexibility index (Phi) is 3.09. The third-order valence-electron chi connectivity index (χ3n) is 2.78. The number of aromatic nitrogens is 2. The molecular weight excluding hydrogens is 230 g/mol. The van der Waals surface area contributed by atoms with Gasteiger partial charge in [0.2, 0.25) is 0 Å². The molecule has 1 aliphatic heterocycles. The summed E-state index contributed by atoms with van der Waals surface area (Å²) in [6.45, 7) is 10.9. The summed E-state index contributed by atoms with van der Waals surface area (Å²) in [5.41, 5.74) is 1.65. The molecule has 0 saturated carbocycles. The molecule has 1 aromatic rings. The molecule has 0 N–H and O–H groups in total. The molecule has 0 atom stereocenters. The van der Waals surface area contributed by atoms with Gasteiger partial charge >= 0.3 is 6.09 Å². The van der Waals surface area contributed by atoms with Gasteiger partial charge in [-0.15, -0.1) is 0 Å². The zero-order chi connectivity index (χ0) is 13.5. The number of nitrogens with zero attached hydrogens (tertiary/aromatic N) is 3. The number of hydrogen-bond donors (Lipinski definition) is 0. The van der Waals surface area contributed by atoms with E-state index in [2.05, 4.69) is 18.9 Å². The number of fused-ring (bicyclic) bond motifs is 1. The van der Waals surface area contributed by atoms with Crippen LogP contribution in [0.3, 0.4) is 0 Å². The van der Waals surface area contributed by atoms with Gasteiger partial charge in [0.1, 0.15) is 5.60 Å². The smallest absolute Gasteiger partial charge is 0.410 e. The van der Waals surface area contributed by atoms with E-state index in [0.29, 0.717) is 19.1 Å². The van der Waals surface area contributed by atoms with Crippen LogP contribution >= 0.6 is 0 Å². The van der Waals surface area contributed by atoms with Gasteiger partial charge in [0.05, 0.1) is 18.8 Å². The SMILES string of the molecule is CC(C)n1cc2c(n1)CN(C(=O)OC(C)(C)C)C2. The summed E-state index contributed by atoms with van der Waals surface area (Å²) in [7, 11) is 0. The first-order chi connectivity index (χ1) is 8.26. The number of carbonyl (C=O) groups excluding carboxylic acids is 1. The molecule has 5 nitrogen and oxygen atoms in total. The lowest BCUT2D eigenvalue weighted by atomic mass is 10.2. The van der Waals surface area contributed by atoms with Gasteiger partial charge in [0.25, 0.3) is 0 Å². The molecule has 1 aromatic heterocycles. The highest BCUT2D eigenvalue weighted by Gasteiger charge is 2.29. The molecule has 1 aliphatic rings. The Morgan fingerprint density at radius 3 is 2.56 bits per heavy atom. The molecule has 5 heteroatoms. The van der Waals surface area contributed by atoms with Crippen molar-refractivity contribution in [3.05, 3.63) is 17.5 Å². The van der Waals surface area contributed by atoms with Crippen molar-refractivity contribution in [2.24, 2.45) is 0 Å². The van der Waals surface area contributed by atoms with E-state index < -0.39 is 5.60 Å². The summed E-state index contributed by atoms with van der Waals surface area (Å²) < 4.78 is 7.29. The quantitative estimate of drug-likeness (QED) is 0.771. The van der Waals surface area contributed by atoms with Crippen LogP contribution in [0.25, 0.3) is 0 Å². The molecule has 0 spiro atoms.